The summed E-state index contributed by atoms with van der Waals surface area (Å²) in [5.41, 5.74) is 3.07. The molecule has 0 saturated carbocycles. The van der Waals surface area contributed by atoms with Gasteiger partial charge in [0, 0.05) is 24.2 Å². The van der Waals surface area contributed by atoms with E-state index in [1.54, 1.807) is 4.90 Å². The molecule has 2 aromatic carbocycles. The first kappa shape index (κ1) is 19.3. The fourth-order valence-electron chi connectivity index (χ4n) is 3.80. The van der Waals surface area contributed by atoms with Gasteiger partial charge in [0.05, 0.1) is 6.54 Å². The highest BCUT2D eigenvalue weighted by Crippen LogP contribution is 2.24. The quantitative estimate of drug-likeness (QED) is 0.661. The average Bonchev–Trinajstić information content (AvgIpc) is 3.22. The van der Waals surface area contributed by atoms with Crippen molar-refractivity contribution in [3.63, 3.8) is 0 Å². The minimum atomic E-state index is 0.0574. The highest BCUT2D eigenvalue weighted by molar-refractivity contribution is 5.94. The number of carbonyl (C=O) groups excluding carboxylic acids is 1. The molecule has 2 heterocycles. The third kappa shape index (κ3) is 4.54. The number of para-hydroxylation sites is 1. The fraction of sp³-hybridized carbons (Fsp3) is 0.348. The lowest BCUT2D eigenvalue weighted by Crippen LogP contribution is -2.41. The van der Waals surface area contributed by atoms with Gasteiger partial charge in [-0.3, -0.25) is 9.69 Å². The van der Waals surface area contributed by atoms with Crippen molar-refractivity contribution in [1.82, 2.24) is 15.0 Å². The third-order valence-corrected chi connectivity index (χ3v) is 5.51. The maximum Gasteiger partial charge on any atom is 0.241 e. The van der Waals surface area contributed by atoms with Gasteiger partial charge in [0.25, 0.3) is 0 Å². The Hall–Kier alpha value is -2.99. The Morgan fingerprint density at radius 1 is 1.14 bits per heavy atom. The SMILES string of the molecule is Cc1cccc(-c2noc(CN3CCC(C(=O)N(C)c4ccccc4)CC3)n2)c1. The molecule has 1 fully saturated rings. The van der Waals surface area contributed by atoms with Crippen molar-refractivity contribution in [2.24, 2.45) is 5.92 Å². The molecule has 0 N–H and O–H groups in total. The molecule has 3 aromatic rings. The highest BCUT2D eigenvalue weighted by Gasteiger charge is 2.28. The first-order valence-electron chi connectivity index (χ1n) is 10.0. The highest BCUT2D eigenvalue weighted by atomic mass is 16.5. The molecule has 0 unspecified atom stereocenters. The van der Waals surface area contributed by atoms with Crippen molar-refractivity contribution in [3.05, 3.63) is 66.1 Å². The van der Waals surface area contributed by atoms with Crippen LogP contribution in [0.1, 0.15) is 24.3 Å². The summed E-state index contributed by atoms with van der Waals surface area (Å²) in [4.78, 5) is 21.4. The molecule has 1 aliphatic heterocycles. The molecule has 0 atom stereocenters. The molecule has 6 heteroatoms. The van der Waals surface area contributed by atoms with E-state index in [0.29, 0.717) is 18.3 Å². The monoisotopic (exact) mass is 390 g/mol. The number of hydrogen-bond acceptors (Lipinski definition) is 5. The molecular formula is C23H26N4O2. The van der Waals surface area contributed by atoms with Crippen LogP contribution in [0.5, 0.6) is 0 Å². The van der Waals surface area contributed by atoms with Crippen LogP contribution >= 0.6 is 0 Å². The number of hydrogen-bond donors (Lipinski definition) is 0. The zero-order valence-corrected chi connectivity index (χ0v) is 16.9. The topological polar surface area (TPSA) is 62.5 Å². The van der Waals surface area contributed by atoms with Gasteiger partial charge in [0.2, 0.25) is 17.6 Å². The van der Waals surface area contributed by atoms with Crippen molar-refractivity contribution in [1.29, 1.82) is 0 Å². The summed E-state index contributed by atoms with van der Waals surface area (Å²) < 4.78 is 5.45. The summed E-state index contributed by atoms with van der Waals surface area (Å²) in [6, 6.07) is 17.9. The van der Waals surface area contributed by atoms with Gasteiger partial charge in [-0.2, -0.15) is 4.98 Å². The smallest absolute Gasteiger partial charge is 0.241 e. The van der Waals surface area contributed by atoms with Crippen molar-refractivity contribution in [2.45, 2.75) is 26.3 Å². The van der Waals surface area contributed by atoms with Crippen LogP contribution in [0.4, 0.5) is 5.69 Å². The van der Waals surface area contributed by atoms with E-state index in [1.165, 1.54) is 5.56 Å². The van der Waals surface area contributed by atoms with E-state index in [0.717, 1.165) is 37.2 Å². The largest absolute Gasteiger partial charge is 0.338 e. The lowest BCUT2D eigenvalue weighted by molar-refractivity contribution is -0.123. The number of benzene rings is 2. The number of nitrogens with zero attached hydrogens (tertiary/aromatic N) is 4. The fourth-order valence-corrected chi connectivity index (χ4v) is 3.80. The molecule has 150 valence electrons. The Labute approximate surface area is 171 Å². The summed E-state index contributed by atoms with van der Waals surface area (Å²) in [5.74, 6) is 1.49. The van der Waals surface area contributed by atoms with Gasteiger partial charge in [0.15, 0.2) is 0 Å². The molecule has 0 radical (unpaired) electrons. The number of amides is 1. The number of aryl methyl sites for hydroxylation is 1. The number of aromatic nitrogens is 2. The van der Waals surface area contributed by atoms with Gasteiger partial charge >= 0.3 is 0 Å². The van der Waals surface area contributed by atoms with Crippen LogP contribution < -0.4 is 4.90 Å². The standard InChI is InChI=1S/C23H26N4O2/c1-17-7-6-8-19(15-17)22-24-21(29-25-22)16-27-13-11-18(12-14-27)23(28)26(2)20-9-4-3-5-10-20/h3-10,15,18H,11-14,16H2,1-2H3. The summed E-state index contributed by atoms with van der Waals surface area (Å²) >= 11 is 0. The molecule has 29 heavy (non-hydrogen) atoms. The van der Waals surface area contributed by atoms with Crippen LogP contribution in [0.15, 0.2) is 59.1 Å². The second-order valence-corrected chi connectivity index (χ2v) is 7.66. The molecule has 0 bridgehead atoms. The summed E-state index contributed by atoms with van der Waals surface area (Å²) in [7, 11) is 1.86. The predicted octanol–water partition coefficient (Wildman–Crippen LogP) is 3.92. The molecule has 0 spiro atoms. The first-order valence-corrected chi connectivity index (χ1v) is 10.0. The first-order chi connectivity index (χ1) is 14.1. The Bertz CT molecular complexity index is 962. The van der Waals surface area contributed by atoms with E-state index >= 15 is 0 Å². The molecule has 4 rings (SSSR count). The van der Waals surface area contributed by atoms with E-state index in [4.69, 9.17) is 4.52 Å². The summed E-state index contributed by atoms with van der Waals surface area (Å²) in [6.45, 7) is 4.36. The van der Waals surface area contributed by atoms with Gasteiger partial charge in [-0.1, -0.05) is 47.1 Å². The minimum Gasteiger partial charge on any atom is -0.338 e. The van der Waals surface area contributed by atoms with Crippen LogP contribution in [0.25, 0.3) is 11.4 Å². The lowest BCUT2D eigenvalue weighted by atomic mass is 9.95. The normalized spacial score (nSPS) is 15.4. The predicted molar refractivity (Wildman–Crippen MR) is 112 cm³/mol. The number of piperidine rings is 1. The molecule has 1 aromatic heterocycles. The minimum absolute atomic E-state index is 0.0574. The van der Waals surface area contributed by atoms with E-state index in [-0.39, 0.29) is 11.8 Å². The molecule has 0 aliphatic carbocycles. The summed E-state index contributed by atoms with van der Waals surface area (Å²) in [6.07, 6.45) is 1.68. The molecular weight excluding hydrogens is 364 g/mol. The molecule has 1 aliphatic rings. The van der Waals surface area contributed by atoms with Gasteiger partial charge in [-0.05, 0) is 51.1 Å². The Morgan fingerprint density at radius 2 is 1.90 bits per heavy atom. The Balaban J connectivity index is 1.32. The number of rotatable bonds is 5. The summed E-state index contributed by atoms with van der Waals surface area (Å²) in [5, 5.41) is 4.12. The third-order valence-electron chi connectivity index (χ3n) is 5.51. The number of likely N-dealkylation sites (tertiary alicyclic amines) is 1. The van der Waals surface area contributed by atoms with Gasteiger partial charge in [0.1, 0.15) is 0 Å². The van der Waals surface area contributed by atoms with E-state index < -0.39 is 0 Å². The van der Waals surface area contributed by atoms with Crippen LogP contribution in [0.2, 0.25) is 0 Å². The maximum absolute atomic E-state index is 12.8. The molecule has 1 amide bonds. The van der Waals surface area contributed by atoms with E-state index in [2.05, 4.69) is 21.1 Å². The maximum atomic E-state index is 12.8. The number of anilines is 1. The van der Waals surface area contributed by atoms with E-state index in [1.807, 2.05) is 62.5 Å². The molecule has 1 saturated heterocycles. The van der Waals surface area contributed by atoms with Crippen LogP contribution in [-0.4, -0.2) is 41.1 Å². The van der Waals surface area contributed by atoms with Gasteiger partial charge in [-0.15, -0.1) is 0 Å². The Morgan fingerprint density at radius 3 is 2.62 bits per heavy atom. The van der Waals surface area contributed by atoms with Crippen LogP contribution in [0.3, 0.4) is 0 Å². The number of carbonyl (C=O) groups is 1. The van der Waals surface area contributed by atoms with E-state index in [9.17, 15) is 4.79 Å². The van der Waals surface area contributed by atoms with Crippen molar-refractivity contribution < 1.29 is 9.32 Å². The van der Waals surface area contributed by atoms with Crippen LogP contribution in [0, 0.1) is 12.8 Å². The molecule has 6 nitrogen and oxygen atoms in total. The van der Waals surface area contributed by atoms with Crippen molar-refractivity contribution in [2.75, 3.05) is 25.0 Å². The van der Waals surface area contributed by atoms with Crippen LogP contribution in [-0.2, 0) is 11.3 Å². The van der Waals surface area contributed by atoms with Gasteiger partial charge in [-0.25, -0.2) is 0 Å². The van der Waals surface area contributed by atoms with Gasteiger partial charge < -0.3 is 9.42 Å². The zero-order valence-electron chi connectivity index (χ0n) is 16.9. The lowest BCUT2D eigenvalue weighted by Gasteiger charge is -2.32. The average molecular weight is 390 g/mol. The Kier molecular flexibility index (Phi) is 5.71. The zero-order chi connectivity index (χ0) is 20.2. The van der Waals surface area contributed by atoms with Crippen molar-refractivity contribution in [3.8, 4) is 11.4 Å². The van der Waals surface area contributed by atoms with Crippen molar-refractivity contribution >= 4 is 11.6 Å². The second kappa shape index (κ2) is 8.57. The second-order valence-electron chi connectivity index (χ2n) is 7.66.